The first kappa shape index (κ1) is 9.74. The van der Waals surface area contributed by atoms with E-state index in [1.54, 1.807) is 11.3 Å². The standard InChI is InChI=1S/C11H10OS2/c1-2-9-10(13)8-5-3-4-7(6-12)11(8)14-9/h3-6,13H,2H2,1H3. The first-order chi connectivity index (χ1) is 6.77. The molecule has 0 aliphatic heterocycles. The van der Waals surface area contributed by atoms with Gasteiger partial charge < -0.3 is 0 Å². The van der Waals surface area contributed by atoms with Crippen molar-refractivity contribution in [3.63, 3.8) is 0 Å². The van der Waals surface area contributed by atoms with Gasteiger partial charge in [0.05, 0.1) is 0 Å². The van der Waals surface area contributed by atoms with Crippen LogP contribution in [0.25, 0.3) is 10.1 Å². The van der Waals surface area contributed by atoms with Gasteiger partial charge in [-0.1, -0.05) is 25.1 Å². The molecule has 0 saturated carbocycles. The van der Waals surface area contributed by atoms with Crippen LogP contribution in [0, 0.1) is 0 Å². The SMILES string of the molecule is CCc1sc2c(C=O)cccc2c1S. The van der Waals surface area contributed by atoms with Gasteiger partial charge in [-0.05, 0) is 6.42 Å². The number of rotatable bonds is 2. The van der Waals surface area contributed by atoms with E-state index in [2.05, 4.69) is 19.6 Å². The minimum absolute atomic E-state index is 0.766. The Bertz CT molecular complexity index is 485. The van der Waals surface area contributed by atoms with Crippen molar-refractivity contribution in [1.29, 1.82) is 0 Å². The van der Waals surface area contributed by atoms with Crippen molar-refractivity contribution in [2.75, 3.05) is 0 Å². The van der Waals surface area contributed by atoms with Gasteiger partial charge in [-0.15, -0.1) is 24.0 Å². The molecule has 0 unspecified atom stereocenters. The maximum Gasteiger partial charge on any atom is 0.151 e. The lowest BCUT2D eigenvalue weighted by atomic mass is 10.2. The number of thiol groups is 1. The van der Waals surface area contributed by atoms with E-state index in [4.69, 9.17) is 0 Å². The average Bonchev–Trinajstić information content (AvgIpc) is 2.55. The van der Waals surface area contributed by atoms with Gasteiger partial charge in [0.2, 0.25) is 0 Å². The van der Waals surface area contributed by atoms with Gasteiger partial charge in [-0.2, -0.15) is 0 Å². The van der Waals surface area contributed by atoms with Crippen molar-refractivity contribution in [2.45, 2.75) is 18.2 Å². The number of aldehydes is 1. The van der Waals surface area contributed by atoms with E-state index in [-0.39, 0.29) is 0 Å². The number of hydrogen-bond donors (Lipinski definition) is 1. The molecule has 1 nitrogen and oxygen atoms in total. The molecule has 0 N–H and O–H groups in total. The number of carbonyl (C=O) groups excluding carboxylic acids is 1. The Hall–Kier alpha value is -0.800. The third-order valence-corrected chi connectivity index (χ3v) is 4.30. The lowest BCUT2D eigenvalue weighted by Crippen LogP contribution is -1.77. The zero-order valence-electron chi connectivity index (χ0n) is 7.78. The zero-order valence-corrected chi connectivity index (χ0v) is 9.49. The van der Waals surface area contributed by atoms with Crippen LogP contribution < -0.4 is 0 Å². The highest BCUT2D eigenvalue weighted by molar-refractivity contribution is 7.80. The third-order valence-electron chi connectivity index (χ3n) is 2.24. The molecule has 0 bridgehead atoms. The highest BCUT2D eigenvalue weighted by Gasteiger charge is 2.09. The van der Waals surface area contributed by atoms with E-state index >= 15 is 0 Å². The Morgan fingerprint density at radius 3 is 2.93 bits per heavy atom. The lowest BCUT2D eigenvalue weighted by Gasteiger charge is -1.93. The summed E-state index contributed by atoms with van der Waals surface area (Å²) in [5.41, 5.74) is 0.766. The topological polar surface area (TPSA) is 17.1 Å². The molecule has 2 rings (SSSR count). The van der Waals surface area contributed by atoms with Crippen LogP contribution in [-0.4, -0.2) is 6.29 Å². The maximum absolute atomic E-state index is 10.8. The Labute approximate surface area is 92.2 Å². The molecule has 2 aromatic rings. The predicted octanol–water partition coefficient (Wildman–Crippen LogP) is 3.56. The summed E-state index contributed by atoms with van der Waals surface area (Å²) in [5, 5.41) is 1.10. The van der Waals surface area contributed by atoms with Crippen molar-refractivity contribution in [3.8, 4) is 0 Å². The summed E-state index contributed by atoms with van der Waals surface area (Å²) < 4.78 is 1.06. The molecule has 0 radical (unpaired) electrons. The normalized spacial score (nSPS) is 10.7. The Morgan fingerprint density at radius 2 is 2.29 bits per heavy atom. The first-order valence-corrected chi connectivity index (χ1v) is 5.72. The molecule has 0 spiro atoms. The second-order valence-electron chi connectivity index (χ2n) is 3.07. The maximum atomic E-state index is 10.8. The molecule has 0 atom stereocenters. The van der Waals surface area contributed by atoms with Gasteiger partial charge in [0.15, 0.2) is 6.29 Å². The molecule has 0 amide bonds. The molecule has 0 fully saturated rings. The second kappa shape index (κ2) is 3.75. The number of hydrogen-bond acceptors (Lipinski definition) is 3. The van der Waals surface area contributed by atoms with Gasteiger partial charge in [-0.25, -0.2) is 0 Å². The van der Waals surface area contributed by atoms with Crippen LogP contribution in [0.15, 0.2) is 23.1 Å². The van der Waals surface area contributed by atoms with Crippen LogP contribution in [0.4, 0.5) is 0 Å². The zero-order chi connectivity index (χ0) is 10.1. The van der Waals surface area contributed by atoms with Gasteiger partial charge >= 0.3 is 0 Å². The van der Waals surface area contributed by atoms with Crippen molar-refractivity contribution >= 4 is 40.3 Å². The molecule has 0 aliphatic carbocycles. The second-order valence-corrected chi connectivity index (χ2v) is 4.62. The van der Waals surface area contributed by atoms with Crippen LogP contribution in [-0.2, 0) is 6.42 Å². The van der Waals surface area contributed by atoms with Gasteiger partial charge in [0.25, 0.3) is 0 Å². The predicted molar refractivity (Wildman–Crippen MR) is 63.8 cm³/mol. The fraction of sp³-hybridized carbons (Fsp3) is 0.182. The van der Waals surface area contributed by atoms with E-state index in [9.17, 15) is 4.79 Å². The van der Waals surface area contributed by atoms with Crippen LogP contribution >= 0.6 is 24.0 Å². The van der Waals surface area contributed by atoms with Crippen molar-refractivity contribution in [2.24, 2.45) is 0 Å². The molecule has 14 heavy (non-hydrogen) atoms. The summed E-state index contributed by atoms with van der Waals surface area (Å²) in [6.07, 6.45) is 1.88. The van der Waals surface area contributed by atoms with Gasteiger partial charge in [-0.3, -0.25) is 4.79 Å². The minimum atomic E-state index is 0.766. The number of carbonyl (C=O) groups is 1. The van der Waals surface area contributed by atoms with E-state index in [1.165, 1.54) is 4.88 Å². The highest BCUT2D eigenvalue weighted by atomic mass is 32.1. The van der Waals surface area contributed by atoms with Gasteiger partial charge in [0.1, 0.15) is 0 Å². The van der Waals surface area contributed by atoms with E-state index in [0.29, 0.717) is 0 Å². The quantitative estimate of drug-likeness (QED) is 0.607. The van der Waals surface area contributed by atoms with Crippen molar-refractivity contribution in [3.05, 3.63) is 28.6 Å². The molecule has 1 aromatic carbocycles. The molecule has 72 valence electrons. The largest absolute Gasteiger partial charge is 0.298 e. The van der Waals surface area contributed by atoms with Crippen molar-refractivity contribution < 1.29 is 4.79 Å². The van der Waals surface area contributed by atoms with Crippen molar-refractivity contribution in [1.82, 2.24) is 0 Å². The lowest BCUT2D eigenvalue weighted by molar-refractivity contribution is 0.112. The van der Waals surface area contributed by atoms with Crippen LogP contribution in [0.3, 0.4) is 0 Å². The number of benzene rings is 1. The molecule has 1 aromatic heterocycles. The molecule has 0 aliphatic rings. The summed E-state index contributed by atoms with van der Waals surface area (Å²) in [7, 11) is 0. The highest BCUT2D eigenvalue weighted by Crippen LogP contribution is 2.35. The summed E-state index contributed by atoms with van der Waals surface area (Å²) >= 11 is 6.14. The Kier molecular flexibility index (Phi) is 2.61. The molecular weight excluding hydrogens is 212 g/mol. The minimum Gasteiger partial charge on any atom is -0.298 e. The molecule has 0 saturated heterocycles. The summed E-state index contributed by atoms with van der Waals surface area (Å²) in [6.45, 7) is 2.10. The number of fused-ring (bicyclic) bond motifs is 1. The van der Waals surface area contributed by atoms with Crippen LogP contribution in [0.5, 0.6) is 0 Å². The third kappa shape index (κ3) is 1.37. The molecular formula is C11H10OS2. The summed E-state index contributed by atoms with van der Waals surface area (Å²) in [5.74, 6) is 0. The molecule has 1 heterocycles. The molecule has 3 heteroatoms. The van der Waals surface area contributed by atoms with Gasteiger partial charge in [0, 0.05) is 25.4 Å². The summed E-state index contributed by atoms with van der Waals surface area (Å²) in [6, 6.07) is 5.76. The smallest absolute Gasteiger partial charge is 0.151 e. The number of aryl methyl sites for hydroxylation is 1. The Balaban J connectivity index is 2.83. The first-order valence-electron chi connectivity index (χ1n) is 4.46. The van der Waals surface area contributed by atoms with Crippen LogP contribution in [0.2, 0.25) is 0 Å². The summed E-state index contributed by atoms with van der Waals surface area (Å²) in [4.78, 5) is 13.1. The van der Waals surface area contributed by atoms with Crippen LogP contribution in [0.1, 0.15) is 22.2 Å². The Morgan fingerprint density at radius 1 is 1.50 bits per heavy atom. The van der Waals surface area contributed by atoms with E-state index in [0.717, 1.165) is 33.3 Å². The van der Waals surface area contributed by atoms with E-state index in [1.807, 2.05) is 18.2 Å². The average molecular weight is 222 g/mol. The van der Waals surface area contributed by atoms with E-state index < -0.39 is 0 Å². The number of thiophene rings is 1. The fourth-order valence-corrected chi connectivity index (χ4v) is 3.18. The fourth-order valence-electron chi connectivity index (χ4n) is 1.51. The monoisotopic (exact) mass is 222 g/mol.